The number of hydrogen-bond donors (Lipinski definition) is 1. The molecular weight excluding hydrogens is 384 g/mol. The lowest BCUT2D eigenvalue weighted by Crippen LogP contribution is -2.30. The van der Waals surface area contributed by atoms with Crippen LogP contribution in [0.5, 0.6) is 0 Å². The maximum atomic E-state index is 12.6. The number of carbonyl (C=O) groups is 1. The Kier molecular flexibility index (Phi) is 7.64. The van der Waals surface area contributed by atoms with E-state index in [4.69, 9.17) is 0 Å². The second-order valence-electron chi connectivity index (χ2n) is 8.44. The zero-order chi connectivity index (χ0) is 22.4. The molecule has 3 rings (SSSR count). The van der Waals surface area contributed by atoms with Crippen molar-refractivity contribution >= 4 is 5.91 Å². The highest BCUT2D eigenvalue weighted by Gasteiger charge is 2.10. The summed E-state index contributed by atoms with van der Waals surface area (Å²) in [5.74, 6) is -0.0493. The molecule has 164 valence electrons. The lowest BCUT2D eigenvalue weighted by atomic mass is 10.1. The molecule has 0 radical (unpaired) electrons. The molecule has 0 aliphatic heterocycles. The average molecular weight is 419 g/mol. The van der Waals surface area contributed by atoms with Crippen molar-refractivity contribution in [2.45, 2.75) is 60.3 Å². The molecule has 0 atom stereocenters. The first-order chi connectivity index (χ1) is 14.9. The minimum Gasteiger partial charge on any atom is -0.348 e. The molecule has 1 heterocycles. The van der Waals surface area contributed by atoms with Crippen molar-refractivity contribution < 1.29 is 4.79 Å². The van der Waals surface area contributed by atoms with E-state index in [-0.39, 0.29) is 5.91 Å². The van der Waals surface area contributed by atoms with Crippen LogP contribution in [0, 0.1) is 13.8 Å². The van der Waals surface area contributed by atoms with Gasteiger partial charge in [0.15, 0.2) is 0 Å². The van der Waals surface area contributed by atoms with Crippen LogP contribution in [0.1, 0.15) is 59.2 Å². The van der Waals surface area contributed by atoms with Crippen LogP contribution in [0.15, 0.2) is 54.6 Å². The van der Waals surface area contributed by atoms with Gasteiger partial charge in [-0.2, -0.15) is 5.10 Å². The van der Waals surface area contributed by atoms with Crippen molar-refractivity contribution in [3.05, 3.63) is 88.2 Å². The molecule has 31 heavy (non-hydrogen) atoms. The summed E-state index contributed by atoms with van der Waals surface area (Å²) in [6, 6.07) is 18.8. The van der Waals surface area contributed by atoms with Crippen LogP contribution in [0.2, 0.25) is 0 Å². The number of nitrogens with zero attached hydrogens (tertiary/aromatic N) is 3. The first-order valence-electron chi connectivity index (χ1n) is 11.1. The standard InChI is InChI=1S/C26H34N4O/c1-6-29(19(2)3)17-22-10-12-25(13-11-22)26(31)27-16-23-8-7-9-24(15-23)18-30-21(5)14-20(4)28-30/h7-15,19H,6,16-18H2,1-5H3,(H,27,31). The summed E-state index contributed by atoms with van der Waals surface area (Å²) in [6.07, 6.45) is 0. The minimum absolute atomic E-state index is 0.0493. The van der Waals surface area contributed by atoms with Gasteiger partial charge in [0.1, 0.15) is 0 Å². The summed E-state index contributed by atoms with van der Waals surface area (Å²) < 4.78 is 2.01. The Labute approximate surface area is 186 Å². The third kappa shape index (κ3) is 6.28. The molecule has 1 N–H and O–H groups in total. The topological polar surface area (TPSA) is 50.2 Å². The van der Waals surface area contributed by atoms with Crippen molar-refractivity contribution in [1.82, 2.24) is 20.0 Å². The van der Waals surface area contributed by atoms with E-state index in [1.807, 2.05) is 35.9 Å². The number of amides is 1. The molecule has 0 unspecified atom stereocenters. The van der Waals surface area contributed by atoms with Crippen molar-refractivity contribution in [2.24, 2.45) is 0 Å². The molecule has 3 aromatic rings. The van der Waals surface area contributed by atoms with Crippen molar-refractivity contribution in [1.29, 1.82) is 0 Å². The van der Waals surface area contributed by atoms with Gasteiger partial charge in [0.25, 0.3) is 5.91 Å². The number of benzene rings is 2. The number of aromatic nitrogens is 2. The van der Waals surface area contributed by atoms with Crippen LogP contribution in [-0.2, 0) is 19.6 Å². The van der Waals surface area contributed by atoms with E-state index in [9.17, 15) is 4.79 Å². The normalized spacial score (nSPS) is 11.3. The van der Waals surface area contributed by atoms with Gasteiger partial charge in [-0.05, 0) is 69.1 Å². The smallest absolute Gasteiger partial charge is 0.251 e. The number of aryl methyl sites for hydroxylation is 2. The first kappa shape index (κ1) is 22.8. The third-order valence-electron chi connectivity index (χ3n) is 5.62. The SMILES string of the molecule is CCN(Cc1ccc(C(=O)NCc2cccc(Cn3nc(C)cc3C)c2)cc1)C(C)C. The summed E-state index contributed by atoms with van der Waals surface area (Å²) >= 11 is 0. The van der Waals surface area contributed by atoms with Crippen LogP contribution in [0.4, 0.5) is 0 Å². The molecule has 5 heteroatoms. The maximum absolute atomic E-state index is 12.6. The molecule has 5 nitrogen and oxygen atoms in total. The summed E-state index contributed by atoms with van der Waals surface area (Å²) in [5.41, 5.74) is 6.35. The van der Waals surface area contributed by atoms with Crippen molar-refractivity contribution in [2.75, 3.05) is 6.54 Å². The zero-order valence-corrected chi connectivity index (χ0v) is 19.4. The van der Waals surface area contributed by atoms with Crippen LogP contribution in [-0.4, -0.2) is 33.2 Å². The minimum atomic E-state index is -0.0493. The lowest BCUT2D eigenvalue weighted by molar-refractivity contribution is 0.0951. The van der Waals surface area contributed by atoms with E-state index in [0.717, 1.165) is 36.6 Å². The van der Waals surface area contributed by atoms with Gasteiger partial charge >= 0.3 is 0 Å². The largest absolute Gasteiger partial charge is 0.348 e. The Morgan fingerprint density at radius 1 is 1.03 bits per heavy atom. The maximum Gasteiger partial charge on any atom is 0.251 e. The van der Waals surface area contributed by atoms with E-state index in [0.29, 0.717) is 18.2 Å². The summed E-state index contributed by atoms with van der Waals surface area (Å²) in [6.45, 7) is 13.8. The van der Waals surface area contributed by atoms with Gasteiger partial charge in [0, 0.05) is 30.4 Å². The van der Waals surface area contributed by atoms with Gasteiger partial charge in [-0.3, -0.25) is 14.4 Å². The Bertz CT molecular complexity index is 1000. The molecule has 1 amide bonds. The predicted octanol–water partition coefficient (Wildman–Crippen LogP) is 4.71. The highest BCUT2D eigenvalue weighted by Crippen LogP contribution is 2.12. The summed E-state index contributed by atoms with van der Waals surface area (Å²) in [5, 5.41) is 7.57. The van der Waals surface area contributed by atoms with E-state index in [1.54, 1.807) is 0 Å². The highest BCUT2D eigenvalue weighted by molar-refractivity contribution is 5.94. The second kappa shape index (κ2) is 10.4. The Morgan fingerprint density at radius 3 is 2.35 bits per heavy atom. The van der Waals surface area contributed by atoms with Gasteiger partial charge in [0.05, 0.1) is 12.2 Å². The van der Waals surface area contributed by atoms with Gasteiger partial charge in [-0.15, -0.1) is 0 Å². The molecule has 2 aromatic carbocycles. The molecule has 0 saturated heterocycles. The van der Waals surface area contributed by atoms with E-state index in [2.05, 4.69) is 73.3 Å². The van der Waals surface area contributed by atoms with Crippen molar-refractivity contribution in [3.63, 3.8) is 0 Å². The zero-order valence-electron chi connectivity index (χ0n) is 19.4. The average Bonchev–Trinajstić information content (AvgIpc) is 3.07. The molecular formula is C26H34N4O. The monoisotopic (exact) mass is 418 g/mol. The summed E-state index contributed by atoms with van der Waals surface area (Å²) in [4.78, 5) is 15.0. The Morgan fingerprint density at radius 2 is 1.74 bits per heavy atom. The van der Waals surface area contributed by atoms with Crippen LogP contribution >= 0.6 is 0 Å². The summed E-state index contributed by atoms with van der Waals surface area (Å²) in [7, 11) is 0. The van der Waals surface area contributed by atoms with Crippen LogP contribution < -0.4 is 5.32 Å². The van der Waals surface area contributed by atoms with Gasteiger partial charge < -0.3 is 5.32 Å². The molecule has 0 spiro atoms. The number of hydrogen-bond acceptors (Lipinski definition) is 3. The van der Waals surface area contributed by atoms with Gasteiger partial charge in [0.2, 0.25) is 0 Å². The van der Waals surface area contributed by atoms with Crippen molar-refractivity contribution in [3.8, 4) is 0 Å². The van der Waals surface area contributed by atoms with E-state index >= 15 is 0 Å². The number of nitrogens with one attached hydrogen (secondary N) is 1. The molecule has 0 aliphatic carbocycles. The van der Waals surface area contributed by atoms with Gasteiger partial charge in [-0.1, -0.05) is 43.3 Å². The third-order valence-corrected chi connectivity index (χ3v) is 5.62. The molecule has 0 bridgehead atoms. The highest BCUT2D eigenvalue weighted by atomic mass is 16.1. The fourth-order valence-electron chi connectivity index (χ4n) is 3.79. The number of carbonyl (C=O) groups excluding carboxylic acids is 1. The van der Waals surface area contributed by atoms with E-state index < -0.39 is 0 Å². The number of rotatable bonds is 9. The van der Waals surface area contributed by atoms with Gasteiger partial charge in [-0.25, -0.2) is 0 Å². The predicted molar refractivity (Wildman–Crippen MR) is 126 cm³/mol. The molecule has 0 saturated carbocycles. The van der Waals surface area contributed by atoms with Crippen LogP contribution in [0.3, 0.4) is 0 Å². The van der Waals surface area contributed by atoms with E-state index in [1.165, 1.54) is 11.1 Å². The molecule has 0 fully saturated rings. The molecule has 0 aliphatic rings. The fourth-order valence-corrected chi connectivity index (χ4v) is 3.79. The fraction of sp³-hybridized carbons (Fsp3) is 0.385. The molecule has 1 aromatic heterocycles. The second-order valence-corrected chi connectivity index (χ2v) is 8.44. The Balaban J connectivity index is 1.57. The quantitative estimate of drug-likeness (QED) is 0.548. The van der Waals surface area contributed by atoms with Crippen LogP contribution in [0.25, 0.3) is 0 Å². The lowest BCUT2D eigenvalue weighted by Gasteiger charge is -2.24. The first-order valence-corrected chi connectivity index (χ1v) is 11.1. The Hall–Kier alpha value is -2.92.